The van der Waals surface area contributed by atoms with Gasteiger partial charge in [0, 0.05) is 5.69 Å². The first-order valence-corrected chi connectivity index (χ1v) is 10.2. The van der Waals surface area contributed by atoms with Crippen molar-refractivity contribution < 1.29 is 23.9 Å². The molecule has 3 rings (SSSR count). The number of rotatable bonds is 8. The van der Waals surface area contributed by atoms with Gasteiger partial charge in [0.05, 0.1) is 18.6 Å². The van der Waals surface area contributed by atoms with E-state index < -0.39 is 17.1 Å². The van der Waals surface area contributed by atoms with Crippen LogP contribution in [0.5, 0.6) is 11.5 Å². The Kier molecular flexibility index (Phi) is 7.13. The number of nitrogens with zero attached hydrogens (tertiary/aromatic N) is 1. The summed E-state index contributed by atoms with van der Waals surface area (Å²) >= 11 is 0.803. The number of imide groups is 1. The van der Waals surface area contributed by atoms with Gasteiger partial charge < -0.3 is 14.8 Å². The number of hydrogen-bond donors (Lipinski definition) is 1. The predicted octanol–water partition coefficient (Wildman–Crippen LogP) is 4.16. The number of anilines is 1. The Morgan fingerprint density at radius 1 is 1.13 bits per heavy atom. The van der Waals surface area contributed by atoms with Gasteiger partial charge in [0.25, 0.3) is 11.1 Å². The Bertz CT molecular complexity index is 975. The fraction of sp³-hybridized carbons (Fsp3) is 0.227. The molecule has 0 bridgehead atoms. The standard InChI is InChI=1S/C22H22N2O5S/c1-3-11-29-17-10-9-15(12-18(17)28-2)13-19-21(26)24(22(27)30-19)14-20(25)23-16-7-5-4-6-8-16/h4-10,12-13H,3,11,14H2,1-2H3,(H,23,25)/b19-13-. The molecule has 156 valence electrons. The van der Waals surface area contributed by atoms with Crippen molar-refractivity contribution in [2.24, 2.45) is 0 Å². The van der Waals surface area contributed by atoms with Crippen LogP contribution in [-0.4, -0.2) is 42.2 Å². The molecule has 1 heterocycles. The van der Waals surface area contributed by atoms with E-state index in [4.69, 9.17) is 9.47 Å². The molecule has 8 heteroatoms. The van der Waals surface area contributed by atoms with Crippen LogP contribution in [0.1, 0.15) is 18.9 Å². The summed E-state index contributed by atoms with van der Waals surface area (Å²) in [5.74, 6) is 0.211. The van der Waals surface area contributed by atoms with Crippen LogP contribution in [0.15, 0.2) is 53.4 Å². The quantitative estimate of drug-likeness (QED) is 0.638. The van der Waals surface area contributed by atoms with Crippen LogP contribution in [0.4, 0.5) is 10.5 Å². The van der Waals surface area contributed by atoms with Gasteiger partial charge in [-0.2, -0.15) is 0 Å². The minimum absolute atomic E-state index is 0.247. The van der Waals surface area contributed by atoms with E-state index in [0.29, 0.717) is 29.4 Å². The lowest BCUT2D eigenvalue weighted by Crippen LogP contribution is -2.36. The highest BCUT2D eigenvalue weighted by atomic mass is 32.2. The second-order valence-electron chi connectivity index (χ2n) is 6.44. The number of nitrogens with one attached hydrogen (secondary N) is 1. The van der Waals surface area contributed by atoms with Gasteiger partial charge >= 0.3 is 0 Å². The SMILES string of the molecule is CCCOc1ccc(/C=C2\SC(=O)N(CC(=O)Nc3ccccc3)C2=O)cc1OC. The number of carbonyl (C=O) groups excluding carboxylic acids is 3. The number of carbonyl (C=O) groups is 3. The van der Waals surface area contributed by atoms with Gasteiger partial charge in [-0.15, -0.1) is 0 Å². The molecule has 0 radical (unpaired) electrons. The topological polar surface area (TPSA) is 84.9 Å². The summed E-state index contributed by atoms with van der Waals surface area (Å²) in [4.78, 5) is 38.3. The maximum absolute atomic E-state index is 12.7. The Hall–Kier alpha value is -3.26. The fourth-order valence-electron chi connectivity index (χ4n) is 2.76. The molecule has 30 heavy (non-hydrogen) atoms. The normalized spacial score (nSPS) is 14.9. The summed E-state index contributed by atoms with van der Waals surface area (Å²) in [7, 11) is 1.54. The molecule has 3 amide bonds. The number of amides is 3. The lowest BCUT2D eigenvalue weighted by Gasteiger charge is -2.12. The summed E-state index contributed by atoms with van der Waals surface area (Å²) in [6.45, 7) is 2.24. The lowest BCUT2D eigenvalue weighted by atomic mass is 10.2. The molecule has 0 aromatic heterocycles. The third-order valence-electron chi connectivity index (χ3n) is 4.18. The van der Waals surface area contributed by atoms with Crippen LogP contribution in [-0.2, 0) is 9.59 Å². The minimum Gasteiger partial charge on any atom is -0.493 e. The van der Waals surface area contributed by atoms with Crippen molar-refractivity contribution in [1.82, 2.24) is 4.90 Å². The van der Waals surface area contributed by atoms with E-state index in [0.717, 1.165) is 23.1 Å². The van der Waals surface area contributed by atoms with Gasteiger partial charge in [0.15, 0.2) is 11.5 Å². The first-order valence-electron chi connectivity index (χ1n) is 9.43. The molecule has 0 aliphatic carbocycles. The number of thioether (sulfide) groups is 1. The smallest absolute Gasteiger partial charge is 0.294 e. The van der Waals surface area contributed by atoms with Crippen LogP contribution in [0.3, 0.4) is 0 Å². The first-order chi connectivity index (χ1) is 14.5. The molecule has 2 aromatic rings. The third kappa shape index (κ3) is 5.21. The molecule has 7 nitrogen and oxygen atoms in total. The largest absolute Gasteiger partial charge is 0.493 e. The molecule has 1 N–H and O–H groups in total. The summed E-state index contributed by atoms with van der Waals surface area (Å²) in [6.07, 6.45) is 2.47. The van der Waals surface area contributed by atoms with Crippen molar-refractivity contribution in [1.29, 1.82) is 0 Å². The van der Waals surface area contributed by atoms with E-state index in [-0.39, 0.29) is 11.4 Å². The Morgan fingerprint density at radius 3 is 2.60 bits per heavy atom. The number of ether oxygens (including phenoxy) is 2. The molecule has 2 aromatic carbocycles. The summed E-state index contributed by atoms with van der Waals surface area (Å²) in [6, 6.07) is 14.1. The Labute approximate surface area is 179 Å². The van der Waals surface area contributed by atoms with Crippen molar-refractivity contribution >= 4 is 40.6 Å². The fourth-order valence-corrected chi connectivity index (χ4v) is 3.60. The second kappa shape index (κ2) is 9.98. The number of methoxy groups -OCH3 is 1. The predicted molar refractivity (Wildman–Crippen MR) is 117 cm³/mol. The van der Waals surface area contributed by atoms with Crippen molar-refractivity contribution in [3.8, 4) is 11.5 Å². The van der Waals surface area contributed by atoms with Crippen LogP contribution in [0.2, 0.25) is 0 Å². The highest BCUT2D eigenvalue weighted by molar-refractivity contribution is 8.18. The maximum Gasteiger partial charge on any atom is 0.294 e. The van der Waals surface area contributed by atoms with Crippen molar-refractivity contribution in [3.05, 3.63) is 59.0 Å². The van der Waals surface area contributed by atoms with Gasteiger partial charge in [0.2, 0.25) is 5.91 Å². The van der Waals surface area contributed by atoms with Gasteiger partial charge in [-0.1, -0.05) is 31.2 Å². The molecule has 0 unspecified atom stereocenters. The number of hydrogen-bond acceptors (Lipinski definition) is 6. The minimum atomic E-state index is -0.501. The third-order valence-corrected chi connectivity index (χ3v) is 5.09. The van der Waals surface area contributed by atoms with Crippen LogP contribution < -0.4 is 14.8 Å². The highest BCUT2D eigenvalue weighted by Crippen LogP contribution is 2.34. The summed E-state index contributed by atoms with van der Waals surface area (Å²) < 4.78 is 11.0. The average molecular weight is 426 g/mol. The maximum atomic E-state index is 12.7. The summed E-state index contributed by atoms with van der Waals surface area (Å²) in [5, 5.41) is 2.19. The van der Waals surface area contributed by atoms with Crippen molar-refractivity contribution in [2.45, 2.75) is 13.3 Å². The molecule has 0 atom stereocenters. The van der Waals surface area contributed by atoms with E-state index >= 15 is 0 Å². The average Bonchev–Trinajstić information content (AvgIpc) is 3.00. The summed E-state index contributed by atoms with van der Waals surface area (Å²) in [5.41, 5.74) is 1.29. The van der Waals surface area contributed by atoms with E-state index in [1.54, 1.807) is 48.5 Å². The van der Waals surface area contributed by atoms with Crippen LogP contribution in [0.25, 0.3) is 6.08 Å². The van der Waals surface area contributed by atoms with Crippen molar-refractivity contribution in [2.75, 3.05) is 25.6 Å². The molecule has 1 fully saturated rings. The monoisotopic (exact) mass is 426 g/mol. The zero-order valence-electron chi connectivity index (χ0n) is 16.7. The zero-order chi connectivity index (χ0) is 21.5. The molecule has 0 saturated carbocycles. The van der Waals surface area contributed by atoms with Gasteiger partial charge in [-0.3, -0.25) is 19.3 Å². The van der Waals surface area contributed by atoms with E-state index in [2.05, 4.69) is 5.32 Å². The lowest BCUT2D eigenvalue weighted by molar-refractivity contribution is -0.127. The van der Waals surface area contributed by atoms with E-state index in [1.165, 1.54) is 7.11 Å². The second-order valence-corrected chi connectivity index (χ2v) is 7.43. The molecular weight excluding hydrogens is 404 g/mol. The Morgan fingerprint density at radius 2 is 1.90 bits per heavy atom. The van der Waals surface area contributed by atoms with Gasteiger partial charge in [0.1, 0.15) is 6.54 Å². The van der Waals surface area contributed by atoms with Gasteiger partial charge in [-0.05, 0) is 54.1 Å². The van der Waals surface area contributed by atoms with Crippen molar-refractivity contribution in [3.63, 3.8) is 0 Å². The molecule has 1 aliphatic heterocycles. The van der Waals surface area contributed by atoms with Crippen LogP contribution in [0, 0.1) is 0 Å². The highest BCUT2D eigenvalue weighted by Gasteiger charge is 2.36. The van der Waals surface area contributed by atoms with E-state index in [1.807, 2.05) is 13.0 Å². The van der Waals surface area contributed by atoms with Gasteiger partial charge in [-0.25, -0.2) is 0 Å². The first kappa shape index (κ1) is 21.4. The molecule has 0 spiro atoms. The molecule has 1 aliphatic rings. The van der Waals surface area contributed by atoms with Crippen LogP contribution >= 0.6 is 11.8 Å². The van der Waals surface area contributed by atoms with E-state index in [9.17, 15) is 14.4 Å². The Balaban J connectivity index is 1.70. The zero-order valence-corrected chi connectivity index (χ0v) is 17.5. The molecular formula is C22H22N2O5S. The number of benzene rings is 2. The molecule has 1 saturated heterocycles. The number of para-hydroxylation sites is 1.